The number of pyridine rings is 3. The molecule has 0 atom stereocenters. The molecule has 0 saturated heterocycles. The molecule has 3 aromatic heterocycles. The average Bonchev–Trinajstić information content (AvgIpc) is 2.85. The van der Waals surface area contributed by atoms with Crippen molar-refractivity contribution in [3.8, 4) is 5.69 Å². The minimum atomic E-state index is 1.17. The summed E-state index contributed by atoms with van der Waals surface area (Å²) in [7, 11) is 0. The summed E-state index contributed by atoms with van der Waals surface area (Å²) in [5, 5.41) is 15.0. The quantitative estimate of drug-likeness (QED) is 0.229. The topological polar surface area (TPSA) is 29.7 Å². The van der Waals surface area contributed by atoms with Crippen molar-refractivity contribution >= 4 is 64.6 Å². The third-order valence-corrected chi connectivity index (χ3v) is 6.89. The molecule has 3 nitrogen and oxygen atoms in total. The van der Waals surface area contributed by atoms with Gasteiger partial charge in [0.2, 0.25) is 5.69 Å². The zero-order chi connectivity index (χ0) is 20.8. The van der Waals surface area contributed by atoms with Crippen LogP contribution in [0, 0.1) is 0 Å². The first-order chi connectivity index (χ1) is 15.8. The Morgan fingerprint density at radius 3 is 1.22 bits per heavy atom. The van der Waals surface area contributed by atoms with E-state index in [9.17, 15) is 0 Å². The molecule has 0 bridgehead atoms. The molecule has 32 heavy (non-hydrogen) atoms. The van der Waals surface area contributed by atoms with E-state index in [1.807, 2.05) is 24.8 Å². The molecule has 3 heterocycles. The Hall–Kier alpha value is -4.37. The molecule has 0 fully saturated rings. The van der Waals surface area contributed by atoms with Gasteiger partial charge in [0.25, 0.3) is 0 Å². The lowest BCUT2D eigenvalue weighted by molar-refractivity contribution is -0.592. The fourth-order valence-electron chi connectivity index (χ4n) is 5.48. The Labute approximate surface area is 182 Å². The van der Waals surface area contributed by atoms with E-state index in [4.69, 9.17) is 0 Å². The van der Waals surface area contributed by atoms with Crippen molar-refractivity contribution < 1.29 is 4.57 Å². The Balaban J connectivity index is 1.46. The molecule has 0 spiro atoms. The summed E-state index contributed by atoms with van der Waals surface area (Å²) in [5.74, 6) is 0. The van der Waals surface area contributed by atoms with Crippen molar-refractivity contribution in [2.45, 2.75) is 0 Å². The largest absolute Gasteiger partial charge is 0.263 e. The molecule has 5 aromatic carbocycles. The van der Waals surface area contributed by atoms with Crippen LogP contribution in [0.15, 0.2) is 97.8 Å². The van der Waals surface area contributed by atoms with Gasteiger partial charge in [0.1, 0.15) is 0 Å². The van der Waals surface area contributed by atoms with Gasteiger partial charge in [0, 0.05) is 85.4 Å². The molecular weight excluding hydrogens is 390 g/mol. The number of hydrogen-bond acceptors (Lipinski definition) is 2. The van der Waals surface area contributed by atoms with E-state index in [1.54, 1.807) is 0 Å². The van der Waals surface area contributed by atoms with E-state index in [2.05, 4.69) is 87.6 Å². The number of hydrogen-bond donors (Lipinski definition) is 0. The maximum Gasteiger partial charge on any atom is 0.211 e. The van der Waals surface area contributed by atoms with Gasteiger partial charge in [-0.05, 0) is 28.3 Å². The van der Waals surface area contributed by atoms with Gasteiger partial charge < -0.3 is 0 Å². The Bertz CT molecular complexity index is 1710. The first-order valence-electron chi connectivity index (χ1n) is 10.8. The van der Waals surface area contributed by atoms with Gasteiger partial charge >= 0.3 is 0 Å². The molecule has 0 aliphatic rings. The summed E-state index contributed by atoms with van der Waals surface area (Å²) in [6.45, 7) is 0. The Kier molecular flexibility index (Phi) is 2.89. The van der Waals surface area contributed by atoms with Crippen molar-refractivity contribution in [2.24, 2.45) is 0 Å². The predicted molar refractivity (Wildman–Crippen MR) is 131 cm³/mol. The highest BCUT2D eigenvalue weighted by Crippen LogP contribution is 2.36. The second-order valence-electron chi connectivity index (χ2n) is 8.67. The number of rotatable bonds is 1. The van der Waals surface area contributed by atoms with E-state index >= 15 is 0 Å². The first-order valence-corrected chi connectivity index (χ1v) is 10.8. The summed E-state index contributed by atoms with van der Waals surface area (Å²) in [5.41, 5.74) is 1.17. The summed E-state index contributed by atoms with van der Waals surface area (Å²) < 4.78 is 2.26. The van der Waals surface area contributed by atoms with Gasteiger partial charge in [-0.1, -0.05) is 36.4 Å². The molecule has 0 N–H and O–H groups in total. The van der Waals surface area contributed by atoms with Crippen LogP contribution in [0.1, 0.15) is 0 Å². The molecule has 3 heteroatoms. The van der Waals surface area contributed by atoms with Gasteiger partial charge in [0.15, 0.2) is 12.4 Å². The maximum atomic E-state index is 4.39. The lowest BCUT2D eigenvalue weighted by Crippen LogP contribution is -2.29. The van der Waals surface area contributed by atoms with Crippen LogP contribution in [0.2, 0.25) is 0 Å². The Morgan fingerprint density at radius 2 is 0.750 bits per heavy atom. The van der Waals surface area contributed by atoms with Crippen LogP contribution in [0.5, 0.6) is 0 Å². The van der Waals surface area contributed by atoms with Gasteiger partial charge in [-0.3, -0.25) is 9.97 Å². The highest BCUT2D eigenvalue weighted by Gasteiger charge is 2.17. The third kappa shape index (κ3) is 2.02. The van der Waals surface area contributed by atoms with Crippen molar-refractivity contribution in [2.75, 3.05) is 0 Å². The lowest BCUT2D eigenvalue weighted by Gasteiger charge is -2.11. The van der Waals surface area contributed by atoms with Crippen molar-refractivity contribution in [3.05, 3.63) is 97.8 Å². The summed E-state index contributed by atoms with van der Waals surface area (Å²) in [6, 6.07) is 22.2. The standard InChI is InChI=1S/C29H16N3/c1-3-19-11-30-12-20-4-2-18-10-25(9-17(1)26(18)27(19)20)32-15-23-7-5-21-13-31-14-22-6-8-24(16-32)29(23)28(21)22/h1-16H/q+1. The zero-order valence-electron chi connectivity index (χ0n) is 17.1. The van der Waals surface area contributed by atoms with E-state index in [0.29, 0.717) is 0 Å². The van der Waals surface area contributed by atoms with Gasteiger partial charge in [-0.2, -0.15) is 4.57 Å². The SMILES string of the molecule is c1cc2cc(-[n+]3cc4ccc5cncc6ccc(c3)c4c56)cc3ccc4cncc1c4c23. The van der Waals surface area contributed by atoms with Crippen molar-refractivity contribution in [3.63, 3.8) is 0 Å². The first kappa shape index (κ1) is 16.3. The highest BCUT2D eigenvalue weighted by atomic mass is 14.9. The smallest absolute Gasteiger partial charge is 0.211 e. The number of aromatic nitrogens is 3. The van der Waals surface area contributed by atoms with Gasteiger partial charge in [-0.15, -0.1) is 0 Å². The molecule has 0 aliphatic heterocycles. The van der Waals surface area contributed by atoms with E-state index in [1.165, 1.54) is 70.3 Å². The van der Waals surface area contributed by atoms with Crippen LogP contribution in [0.25, 0.3) is 70.3 Å². The molecule has 0 aliphatic carbocycles. The van der Waals surface area contributed by atoms with Crippen LogP contribution in [-0.2, 0) is 0 Å². The van der Waals surface area contributed by atoms with Crippen LogP contribution < -0.4 is 4.57 Å². The zero-order valence-corrected chi connectivity index (χ0v) is 17.1. The van der Waals surface area contributed by atoms with Gasteiger partial charge in [-0.25, -0.2) is 0 Å². The van der Waals surface area contributed by atoms with E-state index in [0.717, 1.165) is 0 Å². The number of nitrogens with zero attached hydrogens (tertiary/aromatic N) is 3. The molecule has 8 rings (SSSR count). The average molecular weight is 406 g/mol. The second-order valence-corrected chi connectivity index (χ2v) is 8.67. The molecule has 146 valence electrons. The lowest BCUT2D eigenvalue weighted by atomic mass is 9.95. The van der Waals surface area contributed by atoms with Crippen molar-refractivity contribution in [1.29, 1.82) is 0 Å². The third-order valence-electron chi connectivity index (χ3n) is 6.89. The molecule has 0 unspecified atom stereocenters. The summed E-state index contributed by atoms with van der Waals surface area (Å²) >= 11 is 0. The molecular formula is C29H16N3+. The van der Waals surface area contributed by atoms with E-state index in [-0.39, 0.29) is 0 Å². The molecule has 0 amide bonds. The van der Waals surface area contributed by atoms with E-state index < -0.39 is 0 Å². The fourth-order valence-corrected chi connectivity index (χ4v) is 5.48. The minimum Gasteiger partial charge on any atom is -0.263 e. The number of benzene rings is 5. The van der Waals surface area contributed by atoms with Crippen molar-refractivity contribution in [1.82, 2.24) is 9.97 Å². The maximum absolute atomic E-state index is 4.39. The minimum absolute atomic E-state index is 1.17. The van der Waals surface area contributed by atoms with Crippen LogP contribution in [-0.4, -0.2) is 9.97 Å². The highest BCUT2D eigenvalue weighted by molar-refractivity contribution is 6.23. The predicted octanol–water partition coefficient (Wildman–Crippen LogP) is 6.55. The van der Waals surface area contributed by atoms with Gasteiger partial charge in [0.05, 0.1) is 0 Å². The molecule has 0 saturated carbocycles. The monoisotopic (exact) mass is 406 g/mol. The summed E-state index contributed by atoms with van der Waals surface area (Å²) in [6.07, 6.45) is 12.3. The molecule has 0 radical (unpaired) electrons. The van der Waals surface area contributed by atoms with Crippen LogP contribution in [0.3, 0.4) is 0 Å². The Morgan fingerprint density at radius 1 is 0.406 bits per heavy atom. The molecule has 8 aromatic rings. The normalized spacial score (nSPS) is 12.4. The summed E-state index contributed by atoms with van der Waals surface area (Å²) in [4.78, 5) is 8.79. The van der Waals surface area contributed by atoms with Crippen LogP contribution >= 0.6 is 0 Å². The fraction of sp³-hybridized carbons (Fsp3) is 0. The second kappa shape index (κ2) is 5.65. The van der Waals surface area contributed by atoms with Crippen LogP contribution in [0.4, 0.5) is 0 Å².